The smallest absolute Gasteiger partial charge is 0.262 e. The van der Waals surface area contributed by atoms with Gasteiger partial charge >= 0.3 is 0 Å². The number of aromatic nitrogens is 4. The average Bonchev–Trinajstić information content (AvgIpc) is 3.45. The van der Waals surface area contributed by atoms with E-state index in [1.807, 2.05) is 35.6 Å². The van der Waals surface area contributed by atoms with Gasteiger partial charge in [-0.2, -0.15) is 0 Å². The molecule has 1 saturated heterocycles. The summed E-state index contributed by atoms with van der Waals surface area (Å²) in [7, 11) is 1.69. The van der Waals surface area contributed by atoms with Crippen LogP contribution in [0.15, 0.2) is 64.5 Å². The highest BCUT2D eigenvalue weighted by Crippen LogP contribution is 2.25. The Bertz CT molecular complexity index is 1370. The zero-order chi connectivity index (χ0) is 22.9. The summed E-state index contributed by atoms with van der Waals surface area (Å²) in [6, 6.07) is 17.9. The zero-order valence-corrected chi connectivity index (χ0v) is 19.5. The molecule has 5 rings (SSSR count). The van der Waals surface area contributed by atoms with Crippen LogP contribution >= 0.6 is 11.8 Å². The molecule has 2 aromatic heterocycles. The molecule has 0 bridgehead atoms. The number of nitrogens with zero attached hydrogens (tertiary/aromatic N) is 5. The van der Waals surface area contributed by atoms with Gasteiger partial charge < -0.3 is 5.32 Å². The Hall–Kier alpha value is -3.17. The van der Waals surface area contributed by atoms with Gasteiger partial charge in [-0.25, -0.2) is 0 Å². The van der Waals surface area contributed by atoms with Crippen LogP contribution in [0.25, 0.3) is 16.7 Å². The lowest BCUT2D eigenvalue weighted by Gasteiger charge is -2.18. The van der Waals surface area contributed by atoms with Gasteiger partial charge in [-0.15, -0.1) is 10.2 Å². The molecule has 9 heteroatoms. The number of carbonyl (C=O) groups excluding carboxylic acids is 1. The molecule has 0 aliphatic carbocycles. The van der Waals surface area contributed by atoms with E-state index in [0.29, 0.717) is 16.3 Å². The molecule has 170 valence electrons. The number of para-hydroxylation sites is 1. The first-order chi connectivity index (χ1) is 16.0. The fourth-order valence-electron chi connectivity index (χ4n) is 4.35. The van der Waals surface area contributed by atoms with E-state index in [1.54, 1.807) is 13.1 Å². The second-order valence-corrected chi connectivity index (χ2v) is 9.78. The molecule has 4 aromatic rings. The Morgan fingerprint density at radius 2 is 1.91 bits per heavy atom. The third-order valence-electron chi connectivity index (χ3n) is 6.12. The number of carbonyl (C=O) groups is 1. The number of hydrogen-bond acceptors (Lipinski definition) is 6. The molecule has 1 aliphatic rings. The number of nitrogens with one attached hydrogen (secondary N) is 1. The number of benzene rings is 2. The fraction of sp³-hybridized carbons (Fsp3) is 0.333. The number of fused-ring (bicyclic) bond motifs is 3. The number of hydrogen-bond donors (Lipinski definition) is 1. The van der Waals surface area contributed by atoms with E-state index in [9.17, 15) is 9.59 Å². The van der Waals surface area contributed by atoms with Crippen molar-refractivity contribution < 1.29 is 4.79 Å². The molecule has 8 nitrogen and oxygen atoms in total. The van der Waals surface area contributed by atoms with Crippen LogP contribution in [-0.2, 0) is 18.4 Å². The van der Waals surface area contributed by atoms with E-state index in [1.165, 1.54) is 21.9 Å². The molecule has 0 saturated carbocycles. The van der Waals surface area contributed by atoms with Crippen LogP contribution in [-0.4, -0.2) is 54.4 Å². The van der Waals surface area contributed by atoms with E-state index in [-0.39, 0.29) is 22.8 Å². The molecule has 1 aliphatic heterocycles. The summed E-state index contributed by atoms with van der Waals surface area (Å²) in [6.07, 6.45) is 0.941. The molecule has 2 atom stereocenters. The predicted octanol–water partition coefficient (Wildman–Crippen LogP) is 2.45. The summed E-state index contributed by atoms with van der Waals surface area (Å²) in [4.78, 5) is 27.9. The van der Waals surface area contributed by atoms with Crippen molar-refractivity contribution in [1.29, 1.82) is 0 Å². The zero-order valence-electron chi connectivity index (χ0n) is 18.6. The van der Waals surface area contributed by atoms with Gasteiger partial charge in [0.25, 0.3) is 5.56 Å². The third-order valence-corrected chi connectivity index (χ3v) is 7.16. The SMILES string of the molecule is CC(Sc1nnc2n(C)c(=O)c3ccccc3n12)C(=O)NC1CCN(Cc2ccccc2)C1. The molecule has 2 unspecified atom stereocenters. The van der Waals surface area contributed by atoms with E-state index in [0.717, 1.165) is 31.6 Å². The largest absolute Gasteiger partial charge is 0.351 e. The van der Waals surface area contributed by atoms with Gasteiger partial charge in [0.2, 0.25) is 11.7 Å². The van der Waals surface area contributed by atoms with E-state index in [4.69, 9.17) is 0 Å². The lowest BCUT2D eigenvalue weighted by Crippen LogP contribution is -2.40. The van der Waals surface area contributed by atoms with Crippen molar-refractivity contribution in [2.45, 2.75) is 36.3 Å². The number of aryl methyl sites for hydroxylation is 1. The molecule has 2 aromatic carbocycles. The van der Waals surface area contributed by atoms with Crippen molar-refractivity contribution in [2.75, 3.05) is 13.1 Å². The van der Waals surface area contributed by atoms with E-state index < -0.39 is 0 Å². The summed E-state index contributed by atoms with van der Waals surface area (Å²) < 4.78 is 3.34. The van der Waals surface area contributed by atoms with Crippen LogP contribution in [0, 0.1) is 0 Å². The summed E-state index contributed by atoms with van der Waals surface area (Å²) in [6.45, 7) is 4.59. The van der Waals surface area contributed by atoms with Crippen molar-refractivity contribution in [2.24, 2.45) is 7.05 Å². The Kier molecular flexibility index (Phi) is 5.90. The Morgan fingerprint density at radius 1 is 1.15 bits per heavy atom. The van der Waals surface area contributed by atoms with E-state index in [2.05, 4.69) is 44.7 Å². The van der Waals surface area contributed by atoms with Gasteiger partial charge in [0, 0.05) is 32.7 Å². The molecule has 0 spiro atoms. The van der Waals surface area contributed by atoms with Crippen molar-refractivity contribution in [3.8, 4) is 0 Å². The number of thioether (sulfide) groups is 1. The molecule has 3 heterocycles. The number of likely N-dealkylation sites (tertiary alicyclic amines) is 1. The van der Waals surface area contributed by atoms with Gasteiger partial charge in [0.15, 0.2) is 5.16 Å². The molecular formula is C24H26N6O2S. The van der Waals surface area contributed by atoms with Crippen LogP contribution in [0.3, 0.4) is 0 Å². The van der Waals surface area contributed by atoms with Gasteiger partial charge in [-0.1, -0.05) is 54.2 Å². The second-order valence-electron chi connectivity index (χ2n) is 8.47. The summed E-state index contributed by atoms with van der Waals surface area (Å²) in [5.41, 5.74) is 1.91. The van der Waals surface area contributed by atoms with Crippen LogP contribution in [0.5, 0.6) is 0 Å². The highest BCUT2D eigenvalue weighted by atomic mass is 32.2. The minimum atomic E-state index is -0.350. The molecule has 0 radical (unpaired) electrons. The Balaban J connectivity index is 1.28. The van der Waals surface area contributed by atoms with Crippen LogP contribution < -0.4 is 10.9 Å². The van der Waals surface area contributed by atoms with Crippen LogP contribution in [0.2, 0.25) is 0 Å². The second kappa shape index (κ2) is 8.99. The Morgan fingerprint density at radius 3 is 2.73 bits per heavy atom. The van der Waals surface area contributed by atoms with Crippen LogP contribution in [0.1, 0.15) is 18.9 Å². The lowest BCUT2D eigenvalue weighted by molar-refractivity contribution is -0.120. The highest BCUT2D eigenvalue weighted by molar-refractivity contribution is 8.00. The highest BCUT2D eigenvalue weighted by Gasteiger charge is 2.27. The maximum atomic E-state index is 12.9. The maximum Gasteiger partial charge on any atom is 0.262 e. The molecule has 33 heavy (non-hydrogen) atoms. The van der Waals surface area contributed by atoms with Crippen molar-refractivity contribution in [3.63, 3.8) is 0 Å². The fourth-order valence-corrected chi connectivity index (χ4v) is 5.22. The molecule has 1 N–H and O–H groups in total. The monoisotopic (exact) mass is 462 g/mol. The minimum absolute atomic E-state index is 0.0163. The van der Waals surface area contributed by atoms with Crippen LogP contribution in [0.4, 0.5) is 0 Å². The topological polar surface area (TPSA) is 84.5 Å². The number of rotatable bonds is 6. The normalized spacial score (nSPS) is 17.6. The predicted molar refractivity (Wildman–Crippen MR) is 129 cm³/mol. The standard InChI is InChI=1S/C24H26N6O2S/c1-16(21(31)25-18-12-13-29(15-18)14-17-8-4-3-5-9-17)33-24-27-26-23-28(2)22(32)19-10-6-7-11-20(19)30(23)24/h3-11,16,18H,12-15H2,1-2H3,(H,25,31). The molecule has 1 amide bonds. The van der Waals surface area contributed by atoms with Crippen molar-refractivity contribution in [3.05, 3.63) is 70.5 Å². The lowest BCUT2D eigenvalue weighted by atomic mass is 10.2. The van der Waals surface area contributed by atoms with Crippen molar-refractivity contribution >= 4 is 34.3 Å². The number of amides is 1. The summed E-state index contributed by atoms with van der Waals surface area (Å²) in [5, 5.41) is 12.5. The van der Waals surface area contributed by atoms with Gasteiger partial charge in [0.05, 0.1) is 16.2 Å². The third kappa shape index (κ3) is 4.26. The molecular weight excluding hydrogens is 436 g/mol. The van der Waals surface area contributed by atoms with Gasteiger partial charge in [-0.05, 0) is 31.0 Å². The summed E-state index contributed by atoms with van der Waals surface area (Å²) >= 11 is 1.35. The van der Waals surface area contributed by atoms with Gasteiger partial charge in [0.1, 0.15) is 0 Å². The maximum absolute atomic E-state index is 12.9. The molecule has 1 fully saturated rings. The van der Waals surface area contributed by atoms with Crippen molar-refractivity contribution in [1.82, 2.24) is 29.4 Å². The first kappa shape index (κ1) is 21.7. The summed E-state index contributed by atoms with van der Waals surface area (Å²) in [5.74, 6) is 0.443. The first-order valence-corrected chi connectivity index (χ1v) is 12.0. The first-order valence-electron chi connectivity index (χ1n) is 11.1. The van der Waals surface area contributed by atoms with Gasteiger partial charge in [-0.3, -0.25) is 23.5 Å². The van der Waals surface area contributed by atoms with E-state index >= 15 is 0 Å². The quantitative estimate of drug-likeness (QED) is 0.443. The minimum Gasteiger partial charge on any atom is -0.351 e. The Labute approximate surface area is 195 Å². The average molecular weight is 463 g/mol.